The van der Waals surface area contributed by atoms with Gasteiger partial charge in [-0.2, -0.15) is 5.10 Å². The van der Waals surface area contributed by atoms with E-state index in [1.165, 1.54) is 17.2 Å². The standard InChI is InChI=1S/C15H22N6O2/c1-4-10-6-20(7-12(10)19(2)3)13(22)8-21-14-11(5-18-21)15(23)17-9-16-14/h5,9-10,12H,4,6-8H2,1-3H3,(H,16,17,23)/t10-,12-/m0/s1. The number of aromatic amines is 1. The average molecular weight is 318 g/mol. The van der Waals surface area contributed by atoms with Gasteiger partial charge in [-0.25, -0.2) is 9.67 Å². The number of fused-ring (bicyclic) bond motifs is 1. The van der Waals surface area contributed by atoms with Crippen molar-refractivity contribution < 1.29 is 4.79 Å². The van der Waals surface area contributed by atoms with Crippen LogP contribution in [0, 0.1) is 5.92 Å². The lowest BCUT2D eigenvalue weighted by Crippen LogP contribution is -2.37. The highest BCUT2D eigenvalue weighted by Gasteiger charge is 2.35. The van der Waals surface area contributed by atoms with Gasteiger partial charge in [-0.05, 0) is 20.0 Å². The van der Waals surface area contributed by atoms with Crippen molar-refractivity contribution in [3.8, 4) is 0 Å². The third-order valence-corrected chi connectivity index (χ3v) is 4.67. The second kappa shape index (κ2) is 6.11. The maximum absolute atomic E-state index is 12.6. The predicted molar refractivity (Wildman–Crippen MR) is 86.0 cm³/mol. The first-order chi connectivity index (χ1) is 11.0. The molecule has 3 heterocycles. The normalized spacial score (nSPS) is 21.5. The molecule has 0 aliphatic carbocycles. The van der Waals surface area contributed by atoms with E-state index >= 15 is 0 Å². The van der Waals surface area contributed by atoms with Crippen LogP contribution in [-0.4, -0.2) is 68.7 Å². The van der Waals surface area contributed by atoms with Crippen molar-refractivity contribution in [3.05, 3.63) is 22.9 Å². The number of likely N-dealkylation sites (tertiary alicyclic amines) is 1. The van der Waals surface area contributed by atoms with Gasteiger partial charge in [0, 0.05) is 19.1 Å². The molecule has 1 amide bonds. The van der Waals surface area contributed by atoms with Crippen molar-refractivity contribution in [2.45, 2.75) is 25.9 Å². The highest BCUT2D eigenvalue weighted by Crippen LogP contribution is 2.23. The summed E-state index contributed by atoms with van der Waals surface area (Å²) in [6, 6.07) is 0.388. The third-order valence-electron chi connectivity index (χ3n) is 4.67. The van der Waals surface area contributed by atoms with E-state index in [0.29, 0.717) is 23.0 Å². The number of aromatic nitrogens is 4. The highest BCUT2D eigenvalue weighted by molar-refractivity contribution is 5.79. The first kappa shape index (κ1) is 15.7. The minimum Gasteiger partial charge on any atom is -0.339 e. The molecule has 1 fully saturated rings. The number of H-pyrrole nitrogens is 1. The summed E-state index contributed by atoms with van der Waals surface area (Å²) in [6.07, 6.45) is 3.84. The Labute approximate surface area is 134 Å². The number of nitrogens with one attached hydrogen (secondary N) is 1. The summed E-state index contributed by atoms with van der Waals surface area (Å²) in [5.74, 6) is 0.504. The second-order valence-corrected chi connectivity index (χ2v) is 6.27. The Morgan fingerprint density at radius 1 is 1.43 bits per heavy atom. The third kappa shape index (κ3) is 2.86. The van der Waals surface area contributed by atoms with Gasteiger partial charge in [0.2, 0.25) is 5.91 Å². The molecule has 1 aliphatic rings. The fourth-order valence-electron chi connectivity index (χ4n) is 3.29. The number of carbonyl (C=O) groups is 1. The van der Waals surface area contributed by atoms with Crippen LogP contribution in [0.5, 0.6) is 0 Å². The molecule has 0 unspecified atom stereocenters. The number of hydrogen-bond donors (Lipinski definition) is 1. The zero-order chi connectivity index (χ0) is 16.6. The Kier molecular flexibility index (Phi) is 4.16. The van der Waals surface area contributed by atoms with Crippen LogP contribution in [0.3, 0.4) is 0 Å². The Morgan fingerprint density at radius 3 is 2.87 bits per heavy atom. The Bertz CT molecular complexity index is 765. The molecule has 1 N–H and O–H groups in total. The van der Waals surface area contributed by atoms with Gasteiger partial charge >= 0.3 is 0 Å². The smallest absolute Gasteiger partial charge is 0.261 e. The van der Waals surface area contributed by atoms with E-state index in [0.717, 1.165) is 19.5 Å². The molecular weight excluding hydrogens is 296 g/mol. The van der Waals surface area contributed by atoms with Gasteiger partial charge in [-0.1, -0.05) is 13.3 Å². The number of nitrogens with zero attached hydrogens (tertiary/aromatic N) is 5. The zero-order valence-electron chi connectivity index (χ0n) is 13.7. The summed E-state index contributed by atoms with van der Waals surface area (Å²) in [7, 11) is 4.11. The average Bonchev–Trinajstić information content (AvgIpc) is 3.12. The van der Waals surface area contributed by atoms with Crippen LogP contribution in [0.1, 0.15) is 13.3 Å². The first-order valence-electron chi connectivity index (χ1n) is 7.84. The number of carbonyl (C=O) groups excluding carboxylic acids is 1. The maximum Gasteiger partial charge on any atom is 0.261 e. The molecule has 0 saturated carbocycles. The lowest BCUT2D eigenvalue weighted by molar-refractivity contribution is -0.131. The van der Waals surface area contributed by atoms with Crippen molar-refractivity contribution in [2.24, 2.45) is 5.92 Å². The summed E-state index contributed by atoms with van der Waals surface area (Å²) in [5.41, 5.74) is 0.200. The molecule has 23 heavy (non-hydrogen) atoms. The minimum atomic E-state index is -0.242. The lowest BCUT2D eigenvalue weighted by atomic mass is 10.0. The monoisotopic (exact) mass is 318 g/mol. The van der Waals surface area contributed by atoms with Crippen molar-refractivity contribution in [3.63, 3.8) is 0 Å². The highest BCUT2D eigenvalue weighted by atomic mass is 16.2. The summed E-state index contributed by atoms with van der Waals surface area (Å²) < 4.78 is 1.50. The first-order valence-corrected chi connectivity index (χ1v) is 7.84. The van der Waals surface area contributed by atoms with Crippen molar-refractivity contribution in [1.82, 2.24) is 29.5 Å². The molecule has 2 aromatic rings. The van der Waals surface area contributed by atoms with E-state index < -0.39 is 0 Å². The van der Waals surface area contributed by atoms with E-state index in [1.54, 1.807) is 0 Å². The van der Waals surface area contributed by atoms with Crippen LogP contribution < -0.4 is 5.56 Å². The van der Waals surface area contributed by atoms with Gasteiger partial charge < -0.3 is 14.8 Å². The van der Waals surface area contributed by atoms with E-state index in [9.17, 15) is 9.59 Å². The van der Waals surface area contributed by atoms with Gasteiger partial charge in [0.15, 0.2) is 5.65 Å². The summed E-state index contributed by atoms with van der Waals surface area (Å²) in [4.78, 5) is 35.0. The fourth-order valence-corrected chi connectivity index (χ4v) is 3.29. The molecule has 0 aromatic carbocycles. The molecule has 2 aromatic heterocycles. The molecule has 2 atom stereocenters. The van der Waals surface area contributed by atoms with Crippen LogP contribution in [0.2, 0.25) is 0 Å². The van der Waals surface area contributed by atoms with Gasteiger partial charge in [0.05, 0.1) is 12.5 Å². The molecule has 8 heteroatoms. The summed E-state index contributed by atoms with van der Waals surface area (Å²) >= 11 is 0. The second-order valence-electron chi connectivity index (χ2n) is 6.27. The van der Waals surface area contributed by atoms with Crippen LogP contribution >= 0.6 is 0 Å². The van der Waals surface area contributed by atoms with E-state index in [2.05, 4.69) is 41.0 Å². The van der Waals surface area contributed by atoms with E-state index in [1.807, 2.05) is 4.90 Å². The molecule has 0 bridgehead atoms. The van der Waals surface area contributed by atoms with Gasteiger partial charge in [0.1, 0.15) is 11.9 Å². The van der Waals surface area contributed by atoms with E-state index in [-0.39, 0.29) is 18.0 Å². The van der Waals surface area contributed by atoms with Crippen molar-refractivity contribution in [1.29, 1.82) is 0 Å². The molecule has 0 spiro atoms. The molecular formula is C15H22N6O2. The SMILES string of the molecule is CC[C@H]1CN(C(=O)Cn2ncc3c(=O)[nH]cnc32)C[C@@H]1N(C)C. The maximum atomic E-state index is 12.6. The quantitative estimate of drug-likeness (QED) is 0.852. The molecule has 3 rings (SSSR count). The molecule has 124 valence electrons. The van der Waals surface area contributed by atoms with Crippen molar-refractivity contribution >= 4 is 16.9 Å². The Hall–Kier alpha value is -2.22. The molecule has 1 saturated heterocycles. The molecule has 0 radical (unpaired) electrons. The predicted octanol–water partition coefficient (Wildman–Crippen LogP) is -0.0818. The van der Waals surface area contributed by atoms with Crippen LogP contribution in [-0.2, 0) is 11.3 Å². The Balaban J connectivity index is 1.77. The van der Waals surface area contributed by atoms with Gasteiger partial charge in [0.25, 0.3) is 5.56 Å². The van der Waals surface area contributed by atoms with Gasteiger partial charge in [-0.15, -0.1) is 0 Å². The van der Waals surface area contributed by atoms with Gasteiger partial charge in [-0.3, -0.25) is 9.59 Å². The number of hydrogen-bond acceptors (Lipinski definition) is 5. The Morgan fingerprint density at radius 2 is 2.22 bits per heavy atom. The lowest BCUT2D eigenvalue weighted by Gasteiger charge is -2.23. The topological polar surface area (TPSA) is 87.1 Å². The summed E-state index contributed by atoms with van der Waals surface area (Å²) in [6.45, 7) is 3.77. The van der Waals surface area contributed by atoms with E-state index in [4.69, 9.17) is 0 Å². The number of likely N-dealkylation sites (N-methyl/N-ethyl adjacent to an activating group) is 1. The molecule has 8 nitrogen and oxygen atoms in total. The number of rotatable bonds is 4. The molecule has 1 aliphatic heterocycles. The number of amides is 1. The zero-order valence-corrected chi connectivity index (χ0v) is 13.7. The fraction of sp³-hybridized carbons (Fsp3) is 0.600. The van der Waals surface area contributed by atoms with Crippen molar-refractivity contribution in [2.75, 3.05) is 27.2 Å². The van der Waals surface area contributed by atoms with Crippen LogP contribution in [0.4, 0.5) is 0 Å². The largest absolute Gasteiger partial charge is 0.339 e. The minimum absolute atomic E-state index is 0.0138. The van der Waals surface area contributed by atoms with Crippen LogP contribution in [0.15, 0.2) is 17.3 Å². The summed E-state index contributed by atoms with van der Waals surface area (Å²) in [5, 5.41) is 4.54. The van der Waals surface area contributed by atoms with Crippen LogP contribution in [0.25, 0.3) is 11.0 Å².